The standard InChI is InChI=1S/C11H13O2S/c1-7-5-9(3-4-10(12)13)6-8(2)11(7)14/h5-6H,3-4H2,1-2H3,(H,12,13)/p-1. The maximum atomic E-state index is 10.3. The molecule has 1 radical (unpaired) electrons. The summed E-state index contributed by atoms with van der Waals surface area (Å²) in [7, 11) is 0. The van der Waals surface area contributed by atoms with Gasteiger partial charge < -0.3 is 9.90 Å². The summed E-state index contributed by atoms with van der Waals surface area (Å²) in [5.74, 6) is -1.01. The number of aryl methyl sites for hydroxylation is 3. The molecule has 1 aromatic rings. The Labute approximate surface area is 89.4 Å². The summed E-state index contributed by atoms with van der Waals surface area (Å²) >= 11 is 5.16. The lowest BCUT2D eigenvalue weighted by atomic mass is 10.0. The molecule has 14 heavy (non-hydrogen) atoms. The molecule has 0 spiro atoms. The monoisotopic (exact) mass is 208 g/mol. The SMILES string of the molecule is Cc1cc(CCC(=O)[O-])cc(C)c1[S]. The van der Waals surface area contributed by atoms with Gasteiger partial charge in [-0.15, -0.1) is 0 Å². The van der Waals surface area contributed by atoms with Crippen molar-refractivity contribution < 1.29 is 9.90 Å². The molecule has 0 heterocycles. The molecule has 0 unspecified atom stereocenters. The average Bonchev–Trinajstić information content (AvgIpc) is 2.10. The molecular weight excluding hydrogens is 196 g/mol. The van der Waals surface area contributed by atoms with E-state index < -0.39 is 5.97 Å². The molecule has 2 nitrogen and oxygen atoms in total. The Morgan fingerprint density at radius 3 is 2.29 bits per heavy atom. The van der Waals surface area contributed by atoms with Crippen molar-refractivity contribution in [2.24, 2.45) is 0 Å². The fraction of sp³-hybridized carbons (Fsp3) is 0.364. The largest absolute Gasteiger partial charge is 0.550 e. The molecular formula is C11H12O2S-. The van der Waals surface area contributed by atoms with Crippen molar-refractivity contribution in [2.45, 2.75) is 31.6 Å². The molecule has 75 valence electrons. The minimum Gasteiger partial charge on any atom is -0.550 e. The topological polar surface area (TPSA) is 40.1 Å². The first-order chi connectivity index (χ1) is 6.50. The second kappa shape index (κ2) is 4.42. The van der Waals surface area contributed by atoms with E-state index in [0.29, 0.717) is 6.42 Å². The minimum absolute atomic E-state index is 0.0651. The van der Waals surface area contributed by atoms with Gasteiger partial charge in [0.2, 0.25) is 0 Å². The van der Waals surface area contributed by atoms with E-state index in [1.54, 1.807) is 0 Å². The number of hydrogen-bond acceptors (Lipinski definition) is 2. The summed E-state index contributed by atoms with van der Waals surface area (Å²) in [6.07, 6.45) is 0.579. The number of carbonyl (C=O) groups excluding carboxylic acids is 1. The van der Waals surface area contributed by atoms with E-state index in [-0.39, 0.29) is 6.42 Å². The number of carbonyl (C=O) groups is 1. The Bertz CT molecular complexity index is 335. The van der Waals surface area contributed by atoms with Crippen LogP contribution >= 0.6 is 12.6 Å². The predicted molar refractivity (Wildman–Crippen MR) is 55.1 cm³/mol. The molecule has 0 N–H and O–H groups in total. The van der Waals surface area contributed by atoms with Crippen molar-refractivity contribution in [3.8, 4) is 0 Å². The van der Waals surface area contributed by atoms with Crippen LogP contribution in [0.2, 0.25) is 0 Å². The molecule has 0 aliphatic carbocycles. The van der Waals surface area contributed by atoms with Crippen LogP contribution in [0.4, 0.5) is 0 Å². The minimum atomic E-state index is -1.01. The van der Waals surface area contributed by atoms with Crippen LogP contribution in [0.3, 0.4) is 0 Å². The van der Waals surface area contributed by atoms with Crippen LogP contribution in [0.15, 0.2) is 17.0 Å². The number of rotatable bonds is 3. The molecule has 0 aliphatic heterocycles. The fourth-order valence-corrected chi connectivity index (χ4v) is 1.55. The Kier molecular flexibility index (Phi) is 3.47. The van der Waals surface area contributed by atoms with Gasteiger partial charge in [-0.2, -0.15) is 0 Å². The number of carboxylic acid groups (broad SMARTS) is 1. The summed E-state index contributed by atoms with van der Waals surface area (Å²) in [5, 5.41) is 10.3. The van der Waals surface area contributed by atoms with Crippen molar-refractivity contribution >= 4 is 18.6 Å². The molecule has 0 amide bonds. The van der Waals surface area contributed by atoms with Crippen molar-refractivity contribution in [3.05, 3.63) is 28.8 Å². The first kappa shape index (κ1) is 11.0. The quantitative estimate of drug-likeness (QED) is 0.756. The molecule has 0 aliphatic rings. The third-order valence-corrected chi connectivity index (χ3v) is 2.78. The first-order valence-corrected chi connectivity index (χ1v) is 4.88. The smallest absolute Gasteiger partial charge is 0.0435 e. The van der Waals surface area contributed by atoms with Gasteiger partial charge in [-0.05, 0) is 43.4 Å². The van der Waals surface area contributed by atoms with Gasteiger partial charge in [-0.25, -0.2) is 0 Å². The van der Waals surface area contributed by atoms with E-state index in [4.69, 9.17) is 12.6 Å². The lowest BCUT2D eigenvalue weighted by Gasteiger charge is -2.08. The van der Waals surface area contributed by atoms with Crippen LogP contribution in [-0.4, -0.2) is 5.97 Å². The van der Waals surface area contributed by atoms with Crippen molar-refractivity contribution in [1.82, 2.24) is 0 Å². The molecule has 0 aromatic heterocycles. The highest BCUT2D eigenvalue weighted by Crippen LogP contribution is 2.20. The highest BCUT2D eigenvalue weighted by atomic mass is 32.1. The molecule has 0 bridgehead atoms. The van der Waals surface area contributed by atoms with E-state index in [1.165, 1.54) is 0 Å². The highest BCUT2D eigenvalue weighted by molar-refractivity contribution is 7.80. The Morgan fingerprint density at radius 2 is 1.86 bits per heavy atom. The van der Waals surface area contributed by atoms with Gasteiger partial charge >= 0.3 is 0 Å². The zero-order valence-electron chi connectivity index (χ0n) is 8.29. The van der Waals surface area contributed by atoms with Gasteiger partial charge in [0.1, 0.15) is 0 Å². The number of benzene rings is 1. The van der Waals surface area contributed by atoms with Crippen LogP contribution in [-0.2, 0) is 11.2 Å². The zero-order chi connectivity index (χ0) is 10.7. The lowest BCUT2D eigenvalue weighted by molar-refractivity contribution is -0.305. The Morgan fingerprint density at radius 1 is 1.36 bits per heavy atom. The maximum absolute atomic E-state index is 10.3. The van der Waals surface area contributed by atoms with Crippen LogP contribution in [0.1, 0.15) is 23.1 Å². The average molecular weight is 208 g/mol. The third kappa shape index (κ3) is 2.70. The van der Waals surface area contributed by atoms with Crippen molar-refractivity contribution in [2.75, 3.05) is 0 Å². The molecule has 1 aromatic carbocycles. The second-order valence-corrected chi connectivity index (χ2v) is 3.84. The summed E-state index contributed by atoms with van der Waals surface area (Å²) in [5.41, 5.74) is 3.08. The second-order valence-electron chi connectivity index (χ2n) is 3.43. The van der Waals surface area contributed by atoms with Gasteiger partial charge in [0, 0.05) is 10.9 Å². The molecule has 1 rings (SSSR count). The van der Waals surface area contributed by atoms with E-state index in [0.717, 1.165) is 21.6 Å². The number of aliphatic carboxylic acids is 1. The van der Waals surface area contributed by atoms with Crippen molar-refractivity contribution in [1.29, 1.82) is 0 Å². The van der Waals surface area contributed by atoms with E-state index >= 15 is 0 Å². The van der Waals surface area contributed by atoms with Gasteiger partial charge in [0.25, 0.3) is 0 Å². The normalized spacial score (nSPS) is 10.1. The maximum Gasteiger partial charge on any atom is 0.0435 e. The van der Waals surface area contributed by atoms with Crippen LogP contribution in [0, 0.1) is 13.8 Å². The van der Waals surface area contributed by atoms with E-state index in [9.17, 15) is 9.90 Å². The van der Waals surface area contributed by atoms with Crippen LogP contribution in [0.5, 0.6) is 0 Å². The van der Waals surface area contributed by atoms with Gasteiger partial charge in [-0.3, -0.25) is 0 Å². The molecule has 0 saturated carbocycles. The molecule has 3 heteroatoms. The Hall–Kier alpha value is -1.09. The predicted octanol–water partition coefficient (Wildman–Crippen LogP) is 1.54. The zero-order valence-corrected chi connectivity index (χ0v) is 9.11. The summed E-state index contributed by atoms with van der Waals surface area (Å²) in [4.78, 5) is 11.1. The molecule has 0 atom stereocenters. The summed E-state index contributed by atoms with van der Waals surface area (Å²) < 4.78 is 0. The first-order valence-electron chi connectivity index (χ1n) is 4.47. The number of hydrogen-bond donors (Lipinski definition) is 0. The van der Waals surface area contributed by atoms with Crippen molar-refractivity contribution in [3.63, 3.8) is 0 Å². The lowest BCUT2D eigenvalue weighted by Crippen LogP contribution is -2.22. The van der Waals surface area contributed by atoms with Crippen LogP contribution in [0.25, 0.3) is 0 Å². The number of carboxylic acids is 1. The molecule has 0 fully saturated rings. The third-order valence-electron chi connectivity index (χ3n) is 2.14. The van der Waals surface area contributed by atoms with E-state index in [1.807, 2.05) is 26.0 Å². The summed E-state index contributed by atoms with van der Waals surface area (Å²) in [6, 6.07) is 3.89. The fourth-order valence-electron chi connectivity index (χ4n) is 1.43. The van der Waals surface area contributed by atoms with Gasteiger partial charge in [0.15, 0.2) is 0 Å². The van der Waals surface area contributed by atoms with E-state index in [2.05, 4.69) is 0 Å². The molecule has 0 saturated heterocycles. The van der Waals surface area contributed by atoms with Crippen LogP contribution < -0.4 is 5.11 Å². The van der Waals surface area contributed by atoms with Gasteiger partial charge in [0.05, 0.1) is 0 Å². The highest BCUT2D eigenvalue weighted by Gasteiger charge is 2.02. The Balaban J connectivity index is 2.84. The van der Waals surface area contributed by atoms with Gasteiger partial charge in [-0.1, -0.05) is 24.8 Å². The summed E-state index contributed by atoms with van der Waals surface area (Å²) in [6.45, 7) is 3.88.